The first kappa shape index (κ1) is 16.8. The third kappa shape index (κ3) is 5.77. The van der Waals surface area contributed by atoms with Gasteiger partial charge in [0.2, 0.25) is 0 Å². The zero-order valence-electron chi connectivity index (χ0n) is 12.4. The first-order valence-electron chi connectivity index (χ1n) is 7.36. The zero-order chi connectivity index (χ0) is 15.0. The molecule has 1 aliphatic rings. The van der Waals surface area contributed by atoms with E-state index in [2.05, 4.69) is 5.32 Å². The largest absolute Gasteiger partial charge is 0.481 e. The van der Waals surface area contributed by atoms with Crippen molar-refractivity contribution in [2.75, 3.05) is 32.8 Å². The number of carbonyl (C=O) groups excluding carboxylic acids is 1. The average molecular weight is 286 g/mol. The zero-order valence-corrected chi connectivity index (χ0v) is 12.4. The van der Waals surface area contributed by atoms with Crippen LogP contribution in [0, 0.1) is 11.8 Å². The minimum absolute atomic E-state index is 0.0723. The number of carboxylic acid groups (broad SMARTS) is 1. The van der Waals surface area contributed by atoms with Crippen molar-refractivity contribution in [3.63, 3.8) is 0 Å². The van der Waals surface area contributed by atoms with Gasteiger partial charge in [-0.25, -0.2) is 4.79 Å². The molecule has 1 heterocycles. The van der Waals surface area contributed by atoms with E-state index >= 15 is 0 Å². The van der Waals surface area contributed by atoms with Crippen molar-refractivity contribution in [3.05, 3.63) is 0 Å². The molecule has 0 saturated carbocycles. The molecule has 0 aromatic carbocycles. The molecule has 1 rings (SSSR count). The van der Waals surface area contributed by atoms with Crippen LogP contribution in [0.3, 0.4) is 0 Å². The maximum absolute atomic E-state index is 12.0. The maximum atomic E-state index is 12.0. The van der Waals surface area contributed by atoms with Crippen LogP contribution in [0.2, 0.25) is 0 Å². The Labute approximate surface area is 120 Å². The van der Waals surface area contributed by atoms with Crippen molar-refractivity contribution < 1.29 is 19.4 Å². The predicted octanol–water partition coefficient (Wildman–Crippen LogP) is 1.56. The third-order valence-electron chi connectivity index (χ3n) is 3.77. The normalized spacial score (nSPS) is 20.5. The van der Waals surface area contributed by atoms with Gasteiger partial charge < -0.3 is 20.1 Å². The van der Waals surface area contributed by atoms with Gasteiger partial charge in [0.25, 0.3) is 0 Å². The first-order chi connectivity index (χ1) is 9.54. The van der Waals surface area contributed by atoms with E-state index in [4.69, 9.17) is 9.84 Å². The standard InChI is InChI=1S/C14H26N2O4/c1-3-20-8-6-15-14(19)16-7-4-5-12(10-16)11(2)9-13(17)18/h11-12H,3-10H2,1-2H3,(H,15,19)(H,17,18). The van der Waals surface area contributed by atoms with Gasteiger partial charge in [-0.15, -0.1) is 0 Å². The summed E-state index contributed by atoms with van der Waals surface area (Å²) < 4.78 is 5.18. The number of carbonyl (C=O) groups is 2. The molecule has 1 saturated heterocycles. The molecular weight excluding hydrogens is 260 g/mol. The van der Waals surface area contributed by atoms with Crippen LogP contribution in [0.4, 0.5) is 4.79 Å². The first-order valence-corrected chi connectivity index (χ1v) is 7.36. The molecule has 1 fully saturated rings. The van der Waals surface area contributed by atoms with Crippen LogP contribution in [-0.2, 0) is 9.53 Å². The van der Waals surface area contributed by atoms with E-state index in [1.165, 1.54) is 0 Å². The lowest BCUT2D eigenvalue weighted by Crippen LogP contribution is -2.47. The van der Waals surface area contributed by atoms with E-state index < -0.39 is 5.97 Å². The summed E-state index contributed by atoms with van der Waals surface area (Å²) in [6.07, 6.45) is 2.11. The highest BCUT2D eigenvalue weighted by molar-refractivity contribution is 5.74. The van der Waals surface area contributed by atoms with Crippen LogP contribution in [0.15, 0.2) is 0 Å². The summed E-state index contributed by atoms with van der Waals surface area (Å²) in [6, 6.07) is -0.0723. The van der Waals surface area contributed by atoms with Crippen molar-refractivity contribution in [2.24, 2.45) is 11.8 Å². The SMILES string of the molecule is CCOCCNC(=O)N1CCCC(C(C)CC(=O)O)C1. The highest BCUT2D eigenvalue weighted by Gasteiger charge is 2.28. The molecule has 2 atom stereocenters. The summed E-state index contributed by atoms with van der Waals surface area (Å²) in [6.45, 7) is 6.95. The van der Waals surface area contributed by atoms with Gasteiger partial charge in [0.15, 0.2) is 0 Å². The highest BCUT2D eigenvalue weighted by Crippen LogP contribution is 2.26. The second kappa shape index (κ2) is 8.79. The van der Waals surface area contributed by atoms with Gasteiger partial charge in [-0.2, -0.15) is 0 Å². The number of nitrogens with zero attached hydrogens (tertiary/aromatic N) is 1. The molecule has 0 aromatic heterocycles. The fourth-order valence-electron chi connectivity index (χ4n) is 2.59. The molecule has 116 valence electrons. The second-order valence-electron chi connectivity index (χ2n) is 5.35. The molecule has 0 spiro atoms. The van der Waals surface area contributed by atoms with Crippen LogP contribution >= 0.6 is 0 Å². The number of likely N-dealkylation sites (tertiary alicyclic amines) is 1. The summed E-state index contributed by atoms with van der Waals surface area (Å²) in [5.41, 5.74) is 0. The van der Waals surface area contributed by atoms with Crippen LogP contribution in [-0.4, -0.2) is 54.9 Å². The van der Waals surface area contributed by atoms with E-state index in [0.717, 1.165) is 19.4 Å². The Balaban J connectivity index is 2.35. The summed E-state index contributed by atoms with van der Waals surface area (Å²) in [5.74, 6) is -0.389. The van der Waals surface area contributed by atoms with Gasteiger partial charge in [-0.3, -0.25) is 4.79 Å². The fraction of sp³-hybridized carbons (Fsp3) is 0.857. The second-order valence-corrected chi connectivity index (χ2v) is 5.35. The maximum Gasteiger partial charge on any atom is 0.317 e. The number of hydrogen-bond acceptors (Lipinski definition) is 3. The summed E-state index contributed by atoms with van der Waals surface area (Å²) in [4.78, 5) is 24.5. The molecule has 6 nitrogen and oxygen atoms in total. The Kier molecular flexibility index (Phi) is 7.36. The van der Waals surface area contributed by atoms with Gasteiger partial charge in [-0.05, 0) is 31.6 Å². The molecule has 0 radical (unpaired) electrons. The Bertz CT molecular complexity index is 322. The van der Waals surface area contributed by atoms with E-state index in [1.807, 2.05) is 13.8 Å². The van der Waals surface area contributed by atoms with Crippen molar-refractivity contribution in [3.8, 4) is 0 Å². The van der Waals surface area contributed by atoms with Gasteiger partial charge in [0.1, 0.15) is 0 Å². The van der Waals surface area contributed by atoms with Crippen molar-refractivity contribution >= 4 is 12.0 Å². The summed E-state index contributed by atoms with van der Waals surface area (Å²) >= 11 is 0. The quantitative estimate of drug-likeness (QED) is 0.696. The lowest BCUT2D eigenvalue weighted by atomic mass is 9.85. The topological polar surface area (TPSA) is 78.9 Å². The average Bonchev–Trinajstić information content (AvgIpc) is 2.43. The number of rotatable bonds is 7. The smallest absolute Gasteiger partial charge is 0.317 e. The van der Waals surface area contributed by atoms with Crippen LogP contribution in [0.1, 0.15) is 33.1 Å². The molecule has 2 unspecified atom stereocenters. The number of aliphatic carboxylic acids is 1. The van der Waals surface area contributed by atoms with Crippen molar-refractivity contribution in [2.45, 2.75) is 33.1 Å². The number of urea groups is 1. The van der Waals surface area contributed by atoms with Gasteiger partial charge in [-0.1, -0.05) is 6.92 Å². The van der Waals surface area contributed by atoms with Crippen LogP contribution < -0.4 is 5.32 Å². The molecular formula is C14H26N2O4. The monoisotopic (exact) mass is 286 g/mol. The molecule has 2 amide bonds. The molecule has 6 heteroatoms. The number of ether oxygens (including phenoxy) is 1. The molecule has 1 aliphatic heterocycles. The lowest BCUT2D eigenvalue weighted by Gasteiger charge is -2.35. The van der Waals surface area contributed by atoms with E-state index in [-0.39, 0.29) is 24.3 Å². The number of hydrogen-bond donors (Lipinski definition) is 2. The number of carboxylic acids is 1. The molecule has 0 aliphatic carbocycles. The molecule has 0 aromatic rings. The summed E-state index contributed by atoms with van der Waals surface area (Å²) in [7, 11) is 0. The van der Waals surface area contributed by atoms with E-state index in [1.54, 1.807) is 4.90 Å². The van der Waals surface area contributed by atoms with Gasteiger partial charge >= 0.3 is 12.0 Å². The Morgan fingerprint density at radius 1 is 1.50 bits per heavy atom. The Hall–Kier alpha value is -1.30. The fourth-order valence-corrected chi connectivity index (χ4v) is 2.59. The number of piperidine rings is 1. The lowest BCUT2D eigenvalue weighted by molar-refractivity contribution is -0.138. The van der Waals surface area contributed by atoms with Crippen molar-refractivity contribution in [1.82, 2.24) is 10.2 Å². The number of nitrogens with one attached hydrogen (secondary N) is 1. The number of amides is 2. The molecule has 20 heavy (non-hydrogen) atoms. The van der Waals surface area contributed by atoms with Gasteiger partial charge in [0, 0.05) is 32.7 Å². The van der Waals surface area contributed by atoms with E-state index in [0.29, 0.717) is 26.3 Å². The minimum atomic E-state index is -0.768. The third-order valence-corrected chi connectivity index (χ3v) is 3.77. The Morgan fingerprint density at radius 3 is 2.90 bits per heavy atom. The minimum Gasteiger partial charge on any atom is -0.481 e. The van der Waals surface area contributed by atoms with Gasteiger partial charge in [0.05, 0.1) is 6.61 Å². The van der Waals surface area contributed by atoms with Crippen LogP contribution in [0.5, 0.6) is 0 Å². The highest BCUT2D eigenvalue weighted by atomic mass is 16.5. The summed E-state index contributed by atoms with van der Waals surface area (Å²) in [5, 5.41) is 11.7. The van der Waals surface area contributed by atoms with Crippen molar-refractivity contribution in [1.29, 1.82) is 0 Å². The van der Waals surface area contributed by atoms with Crippen LogP contribution in [0.25, 0.3) is 0 Å². The predicted molar refractivity (Wildman–Crippen MR) is 75.6 cm³/mol. The Morgan fingerprint density at radius 2 is 2.25 bits per heavy atom. The van der Waals surface area contributed by atoms with E-state index in [9.17, 15) is 9.59 Å². The molecule has 2 N–H and O–H groups in total. The molecule has 0 bridgehead atoms.